The number of thiophene rings is 1. The molecule has 9 rings (SSSR count). The second-order valence-electron chi connectivity index (χ2n) is 9.95. The first-order chi connectivity index (χ1) is 19.3. The Labute approximate surface area is 226 Å². The van der Waals surface area contributed by atoms with Gasteiger partial charge in [-0.3, -0.25) is 4.57 Å². The van der Waals surface area contributed by atoms with Crippen LogP contribution in [0.15, 0.2) is 115 Å². The summed E-state index contributed by atoms with van der Waals surface area (Å²) in [6, 6.07) is 40.6. The van der Waals surface area contributed by atoms with Gasteiger partial charge in [0.15, 0.2) is 0 Å². The molecule has 39 heavy (non-hydrogen) atoms. The zero-order chi connectivity index (χ0) is 25.5. The van der Waals surface area contributed by atoms with Crippen molar-refractivity contribution in [3.63, 3.8) is 0 Å². The summed E-state index contributed by atoms with van der Waals surface area (Å²) in [7, 11) is 0. The molecule has 4 nitrogen and oxygen atoms in total. The quantitative estimate of drug-likeness (QED) is 0.249. The summed E-state index contributed by atoms with van der Waals surface area (Å²) in [5.41, 5.74) is 7.56. The number of rotatable bonds is 2. The standard InChI is InChI=1S/C34H20N4S/c1-2-10-20(11-3-1)31-33-32(25-18-24-21-12-4-7-15-26(21)35-27(24)19-30(25)39-33)37-34(36-31)38-28-16-8-5-13-22(28)23-14-6-9-17-29(23)38/h1-19,35H. The van der Waals surface area contributed by atoms with Crippen LogP contribution < -0.4 is 0 Å². The maximum atomic E-state index is 5.32. The molecule has 0 saturated heterocycles. The highest BCUT2D eigenvalue weighted by molar-refractivity contribution is 7.26. The van der Waals surface area contributed by atoms with Crippen LogP contribution >= 0.6 is 11.3 Å². The lowest BCUT2D eigenvalue weighted by atomic mass is 10.1. The van der Waals surface area contributed by atoms with Crippen molar-refractivity contribution in [1.82, 2.24) is 19.5 Å². The van der Waals surface area contributed by atoms with E-state index >= 15 is 0 Å². The summed E-state index contributed by atoms with van der Waals surface area (Å²) in [5.74, 6) is 0.692. The summed E-state index contributed by atoms with van der Waals surface area (Å²) < 4.78 is 4.53. The van der Waals surface area contributed by atoms with Gasteiger partial charge in [-0.2, -0.15) is 0 Å². The zero-order valence-corrected chi connectivity index (χ0v) is 21.5. The first-order valence-electron chi connectivity index (χ1n) is 13.0. The van der Waals surface area contributed by atoms with Crippen LogP contribution in [0.1, 0.15) is 0 Å². The van der Waals surface area contributed by atoms with E-state index in [9.17, 15) is 0 Å². The predicted octanol–water partition coefficient (Wildman–Crippen LogP) is 9.24. The Morgan fingerprint density at radius 3 is 2.00 bits per heavy atom. The van der Waals surface area contributed by atoms with E-state index in [4.69, 9.17) is 9.97 Å². The van der Waals surface area contributed by atoms with Crippen molar-refractivity contribution in [3.8, 4) is 17.2 Å². The third kappa shape index (κ3) is 2.93. The molecule has 5 heteroatoms. The van der Waals surface area contributed by atoms with Crippen molar-refractivity contribution in [2.24, 2.45) is 0 Å². The van der Waals surface area contributed by atoms with E-state index in [0.717, 1.165) is 48.9 Å². The molecular formula is C34H20N4S. The zero-order valence-electron chi connectivity index (χ0n) is 20.7. The number of fused-ring (bicyclic) bond motifs is 9. The lowest BCUT2D eigenvalue weighted by molar-refractivity contribution is 1.02. The van der Waals surface area contributed by atoms with Crippen LogP contribution in [0.25, 0.3) is 81.1 Å². The fraction of sp³-hybridized carbons (Fsp3) is 0. The molecular weight excluding hydrogens is 496 g/mol. The number of nitrogens with one attached hydrogen (secondary N) is 1. The highest BCUT2D eigenvalue weighted by atomic mass is 32.1. The number of aromatic amines is 1. The molecule has 5 aromatic carbocycles. The molecule has 0 bridgehead atoms. The Morgan fingerprint density at radius 1 is 0.564 bits per heavy atom. The van der Waals surface area contributed by atoms with E-state index < -0.39 is 0 Å². The number of hydrogen-bond acceptors (Lipinski definition) is 3. The molecule has 0 aliphatic carbocycles. The summed E-state index contributed by atoms with van der Waals surface area (Å²) in [5, 5.41) is 6.01. The summed E-state index contributed by atoms with van der Waals surface area (Å²) in [6.45, 7) is 0. The Hall–Kier alpha value is -5.00. The van der Waals surface area contributed by atoms with Gasteiger partial charge in [0.25, 0.3) is 0 Å². The van der Waals surface area contributed by atoms with Crippen molar-refractivity contribution in [1.29, 1.82) is 0 Å². The van der Waals surface area contributed by atoms with E-state index in [1.165, 1.54) is 26.2 Å². The Balaban J connectivity index is 1.45. The van der Waals surface area contributed by atoms with Crippen LogP contribution in [-0.2, 0) is 0 Å². The number of nitrogens with zero attached hydrogens (tertiary/aromatic N) is 3. The van der Waals surface area contributed by atoms with Crippen LogP contribution in [0.4, 0.5) is 0 Å². The topological polar surface area (TPSA) is 46.5 Å². The third-order valence-corrected chi connectivity index (χ3v) is 8.90. The van der Waals surface area contributed by atoms with Gasteiger partial charge in [-0.15, -0.1) is 11.3 Å². The molecule has 4 heterocycles. The molecule has 0 saturated carbocycles. The van der Waals surface area contributed by atoms with Crippen LogP contribution in [0.2, 0.25) is 0 Å². The monoisotopic (exact) mass is 516 g/mol. The summed E-state index contributed by atoms with van der Waals surface area (Å²) in [6.07, 6.45) is 0. The molecule has 9 aromatic rings. The minimum absolute atomic E-state index is 0.692. The molecule has 0 aliphatic rings. The van der Waals surface area contributed by atoms with Crippen molar-refractivity contribution < 1.29 is 0 Å². The SMILES string of the molecule is c1ccc(-c2nc(-n3c4ccccc4c4ccccc43)nc3c2sc2cc4[nH]c5ccccc5c4cc23)cc1. The third-order valence-electron chi connectivity index (χ3n) is 7.75. The number of benzene rings is 5. The van der Waals surface area contributed by atoms with Gasteiger partial charge in [0.1, 0.15) is 0 Å². The van der Waals surface area contributed by atoms with Crippen LogP contribution in [0, 0.1) is 0 Å². The maximum Gasteiger partial charge on any atom is 0.235 e. The molecule has 4 aromatic heterocycles. The van der Waals surface area contributed by atoms with E-state index in [-0.39, 0.29) is 0 Å². The van der Waals surface area contributed by atoms with E-state index in [0.29, 0.717) is 5.95 Å². The molecule has 0 unspecified atom stereocenters. The number of hydrogen-bond donors (Lipinski definition) is 1. The first-order valence-corrected chi connectivity index (χ1v) is 13.8. The smallest absolute Gasteiger partial charge is 0.235 e. The fourth-order valence-corrected chi connectivity index (χ4v) is 7.18. The van der Waals surface area contributed by atoms with Gasteiger partial charge in [-0.1, -0.05) is 84.9 Å². The van der Waals surface area contributed by atoms with Crippen LogP contribution in [-0.4, -0.2) is 19.5 Å². The number of aromatic nitrogens is 4. The second kappa shape index (κ2) is 7.76. The fourth-order valence-electron chi connectivity index (χ4n) is 6.01. The molecule has 0 fully saturated rings. The molecule has 0 radical (unpaired) electrons. The van der Waals surface area contributed by atoms with Gasteiger partial charge in [0.2, 0.25) is 5.95 Å². The summed E-state index contributed by atoms with van der Waals surface area (Å²) in [4.78, 5) is 14.2. The predicted molar refractivity (Wildman–Crippen MR) is 164 cm³/mol. The maximum absolute atomic E-state index is 5.32. The molecule has 0 atom stereocenters. The van der Waals surface area contributed by atoms with Crippen molar-refractivity contribution in [2.45, 2.75) is 0 Å². The van der Waals surface area contributed by atoms with E-state index in [1.54, 1.807) is 11.3 Å². The molecule has 0 aliphatic heterocycles. The lowest BCUT2D eigenvalue weighted by Crippen LogP contribution is -2.02. The van der Waals surface area contributed by atoms with Gasteiger partial charge in [0.05, 0.1) is 26.9 Å². The molecule has 0 spiro atoms. The first kappa shape index (κ1) is 21.0. The lowest BCUT2D eigenvalue weighted by Gasteiger charge is -2.10. The van der Waals surface area contributed by atoms with Gasteiger partial charge >= 0.3 is 0 Å². The minimum Gasteiger partial charge on any atom is -0.354 e. The van der Waals surface area contributed by atoms with Crippen molar-refractivity contribution in [3.05, 3.63) is 115 Å². The average Bonchev–Trinajstić information content (AvgIpc) is 3.65. The molecule has 1 N–H and O–H groups in total. The van der Waals surface area contributed by atoms with Gasteiger partial charge in [-0.05, 0) is 30.3 Å². The van der Waals surface area contributed by atoms with Gasteiger partial charge in [0, 0.05) is 48.2 Å². The highest BCUT2D eigenvalue weighted by Crippen LogP contribution is 2.42. The Bertz CT molecular complexity index is 2340. The van der Waals surface area contributed by atoms with Gasteiger partial charge < -0.3 is 4.98 Å². The summed E-state index contributed by atoms with van der Waals surface area (Å²) >= 11 is 1.77. The largest absolute Gasteiger partial charge is 0.354 e. The highest BCUT2D eigenvalue weighted by Gasteiger charge is 2.20. The van der Waals surface area contributed by atoms with Crippen molar-refractivity contribution in [2.75, 3.05) is 0 Å². The van der Waals surface area contributed by atoms with E-state index in [2.05, 4.69) is 119 Å². The van der Waals surface area contributed by atoms with Gasteiger partial charge in [-0.25, -0.2) is 9.97 Å². The second-order valence-corrected chi connectivity index (χ2v) is 11.0. The Morgan fingerprint density at radius 2 is 1.23 bits per heavy atom. The van der Waals surface area contributed by atoms with Crippen molar-refractivity contribution >= 4 is 75.3 Å². The van der Waals surface area contributed by atoms with Crippen LogP contribution in [0.5, 0.6) is 0 Å². The minimum atomic E-state index is 0.692. The van der Waals surface area contributed by atoms with Crippen LogP contribution in [0.3, 0.4) is 0 Å². The molecule has 182 valence electrons. The molecule has 0 amide bonds. The Kier molecular flexibility index (Phi) is 4.18. The normalized spacial score (nSPS) is 12.1. The number of H-pyrrole nitrogens is 1. The number of para-hydroxylation sites is 3. The average molecular weight is 517 g/mol. The van der Waals surface area contributed by atoms with E-state index in [1.807, 2.05) is 6.07 Å².